The zero-order chi connectivity index (χ0) is 17.9. The monoisotopic (exact) mass is 346 g/mol. The molecule has 0 fully saturated rings. The Bertz CT molecular complexity index is 780. The Labute approximate surface area is 145 Å². The number of carbonyl (C=O) groups excluding carboxylic acids is 2. The fourth-order valence-electron chi connectivity index (χ4n) is 2.48. The van der Waals surface area contributed by atoms with Crippen molar-refractivity contribution in [3.63, 3.8) is 0 Å². The molecule has 0 heterocycles. The van der Waals surface area contributed by atoms with Crippen LogP contribution in [0.25, 0.3) is 0 Å². The molecule has 0 spiro atoms. The number of benzene rings is 2. The first-order valence-electron chi connectivity index (χ1n) is 7.37. The molecule has 0 unspecified atom stereocenters. The molecule has 0 radical (unpaired) electrons. The van der Waals surface area contributed by atoms with E-state index < -0.39 is 18.5 Å². The van der Waals surface area contributed by atoms with Crippen molar-refractivity contribution in [1.82, 2.24) is 0 Å². The summed E-state index contributed by atoms with van der Waals surface area (Å²) >= 11 is 5.78. The summed E-state index contributed by atoms with van der Waals surface area (Å²) in [6.07, 6.45) is 0. The van der Waals surface area contributed by atoms with E-state index >= 15 is 0 Å². The summed E-state index contributed by atoms with van der Waals surface area (Å²) in [5.74, 6) is -1.08. The van der Waals surface area contributed by atoms with Crippen molar-refractivity contribution >= 4 is 34.9 Å². The van der Waals surface area contributed by atoms with E-state index in [-0.39, 0.29) is 11.3 Å². The van der Waals surface area contributed by atoms with Crippen LogP contribution >= 0.6 is 11.6 Å². The van der Waals surface area contributed by atoms with E-state index in [9.17, 15) is 9.59 Å². The molecular formula is C18H19ClN2O3. The number of aryl methyl sites for hydroxylation is 3. The molecule has 0 atom stereocenters. The Morgan fingerprint density at radius 3 is 2.33 bits per heavy atom. The SMILES string of the molecule is Cc1cc(C)c(NC(=O)COC(=O)c2ccc(Cl)cc2N)c(C)c1. The standard InChI is InChI=1S/C18H19ClN2O3/c1-10-6-11(2)17(12(3)7-10)21-16(22)9-24-18(23)14-5-4-13(19)8-15(14)20/h4-8H,9,20H2,1-3H3,(H,21,22). The molecule has 1 amide bonds. The number of nitrogens with two attached hydrogens (primary N) is 1. The molecule has 0 saturated heterocycles. The van der Waals surface area contributed by atoms with Crippen LogP contribution in [0.5, 0.6) is 0 Å². The number of amides is 1. The number of nitrogen functional groups attached to an aromatic ring is 1. The molecule has 5 nitrogen and oxygen atoms in total. The van der Waals surface area contributed by atoms with E-state index in [1.165, 1.54) is 18.2 Å². The molecule has 24 heavy (non-hydrogen) atoms. The Kier molecular flexibility index (Phi) is 5.46. The number of hydrogen-bond acceptors (Lipinski definition) is 4. The average Bonchev–Trinajstić information content (AvgIpc) is 2.48. The first-order valence-corrected chi connectivity index (χ1v) is 7.75. The zero-order valence-corrected chi connectivity index (χ0v) is 14.5. The Hall–Kier alpha value is -2.53. The van der Waals surface area contributed by atoms with Gasteiger partial charge in [-0.2, -0.15) is 0 Å². The lowest BCUT2D eigenvalue weighted by atomic mass is 10.1. The van der Waals surface area contributed by atoms with Crippen LogP contribution in [-0.2, 0) is 9.53 Å². The molecule has 2 rings (SSSR count). The van der Waals surface area contributed by atoms with Crippen LogP contribution in [0.2, 0.25) is 5.02 Å². The number of halogens is 1. The number of ether oxygens (including phenoxy) is 1. The van der Waals surface area contributed by atoms with Crippen molar-refractivity contribution in [1.29, 1.82) is 0 Å². The maximum absolute atomic E-state index is 12.0. The van der Waals surface area contributed by atoms with Gasteiger partial charge in [0, 0.05) is 16.4 Å². The minimum absolute atomic E-state index is 0.176. The van der Waals surface area contributed by atoms with Crippen LogP contribution < -0.4 is 11.1 Å². The second kappa shape index (κ2) is 7.36. The number of hydrogen-bond donors (Lipinski definition) is 2. The zero-order valence-electron chi connectivity index (χ0n) is 13.8. The van der Waals surface area contributed by atoms with Crippen molar-refractivity contribution in [3.05, 3.63) is 57.6 Å². The van der Waals surface area contributed by atoms with Gasteiger partial charge in [0.25, 0.3) is 5.91 Å². The summed E-state index contributed by atoms with van der Waals surface area (Å²) in [4.78, 5) is 24.0. The molecule has 0 aliphatic rings. The number of esters is 1. The minimum atomic E-state index is -0.670. The highest BCUT2D eigenvalue weighted by Gasteiger charge is 2.14. The molecule has 0 aromatic heterocycles. The highest BCUT2D eigenvalue weighted by molar-refractivity contribution is 6.31. The fourth-order valence-corrected chi connectivity index (χ4v) is 2.66. The van der Waals surface area contributed by atoms with E-state index in [4.69, 9.17) is 22.1 Å². The third-order valence-electron chi connectivity index (χ3n) is 3.51. The van der Waals surface area contributed by atoms with E-state index in [1.54, 1.807) is 0 Å². The van der Waals surface area contributed by atoms with Crippen LogP contribution in [0.3, 0.4) is 0 Å². The van der Waals surface area contributed by atoms with Gasteiger partial charge in [0.05, 0.1) is 5.56 Å². The van der Waals surface area contributed by atoms with E-state index in [0.717, 1.165) is 22.4 Å². The van der Waals surface area contributed by atoms with Gasteiger partial charge in [0.15, 0.2) is 6.61 Å². The lowest BCUT2D eigenvalue weighted by Gasteiger charge is -2.13. The Morgan fingerprint density at radius 1 is 1.12 bits per heavy atom. The summed E-state index contributed by atoms with van der Waals surface area (Å²) in [5.41, 5.74) is 9.86. The van der Waals surface area contributed by atoms with Crippen LogP contribution in [0, 0.1) is 20.8 Å². The average molecular weight is 347 g/mol. The molecule has 6 heteroatoms. The van der Waals surface area contributed by atoms with Crippen molar-refractivity contribution in [2.45, 2.75) is 20.8 Å². The molecule has 126 valence electrons. The summed E-state index contributed by atoms with van der Waals surface area (Å²) in [5, 5.41) is 3.19. The van der Waals surface area contributed by atoms with Gasteiger partial charge in [-0.1, -0.05) is 29.3 Å². The number of anilines is 2. The highest BCUT2D eigenvalue weighted by Crippen LogP contribution is 2.22. The van der Waals surface area contributed by atoms with Crippen molar-refractivity contribution in [2.24, 2.45) is 0 Å². The Morgan fingerprint density at radius 2 is 1.75 bits per heavy atom. The van der Waals surface area contributed by atoms with Gasteiger partial charge in [-0.3, -0.25) is 4.79 Å². The molecule has 0 aliphatic heterocycles. The first-order chi connectivity index (χ1) is 11.3. The number of nitrogens with one attached hydrogen (secondary N) is 1. The first kappa shape index (κ1) is 17.8. The van der Waals surface area contributed by atoms with Crippen LogP contribution in [0.15, 0.2) is 30.3 Å². The maximum Gasteiger partial charge on any atom is 0.340 e. The van der Waals surface area contributed by atoms with Gasteiger partial charge >= 0.3 is 5.97 Å². The summed E-state index contributed by atoms with van der Waals surface area (Å²) in [7, 11) is 0. The smallest absolute Gasteiger partial charge is 0.340 e. The molecule has 0 saturated carbocycles. The summed E-state index contributed by atoms with van der Waals surface area (Å²) in [6, 6.07) is 8.41. The third-order valence-corrected chi connectivity index (χ3v) is 3.74. The molecular weight excluding hydrogens is 328 g/mol. The Balaban J connectivity index is 2.00. The predicted molar refractivity (Wildman–Crippen MR) is 95.4 cm³/mol. The van der Waals surface area contributed by atoms with Gasteiger partial charge in [-0.15, -0.1) is 0 Å². The van der Waals surface area contributed by atoms with Crippen LogP contribution in [0.4, 0.5) is 11.4 Å². The topological polar surface area (TPSA) is 81.4 Å². The van der Waals surface area contributed by atoms with E-state index in [0.29, 0.717) is 5.02 Å². The van der Waals surface area contributed by atoms with Gasteiger partial charge in [-0.05, 0) is 50.1 Å². The van der Waals surface area contributed by atoms with Gasteiger partial charge in [0.2, 0.25) is 0 Å². The van der Waals surface area contributed by atoms with Gasteiger partial charge < -0.3 is 15.8 Å². The van der Waals surface area contributed by atoms with Crippen molar-refractivity contribution < 1.29 is 14.3 Å². The fraction of sp³-hybridized carbons (Fsp3) is 0.222. The van der Waals surface area contributed by atoms with Crippen LogP contribution in [-0.4, -0.2) is 18.5 Å². The molecule has 0 aliphatic carbocycles. The second-order valence-corrected chi connectivity index (χ2v) is 6.07. The van der Waals surface area contributed by atoms with Gasteiger partial charge in [0.1, 0.15) is 0 Å². The van der Waals surface area contributed by atoms with Crippen LogP contribution in [0.1, 0.15) is 27.0 Å². The molecule has 2 aromatic rings. The largest absolute Gasteiger partial charge is 0.452 e. The summed E-state index contributed by atoms with van der Waals surface area (Å²) < 4.78 is 5.01. The lowest BCUT2D eigenvalue weighted by molar-refractivity contribution is -0.119. The second-order valence-electron chi connectivity index (χ2n) is 5.63. The molecule has 2 aromatic carbocycles. The number of rotatable bonds is 4. The van der Waals surface area contributed by atoms with Crippen molar-refractivity contribution in [2.75, 3.05) is 17.7 Å². The predicted octanol–water partition coefficient (Wildman–Crippen LogP) is 3.64. The number of carbonyl (C=O) groups is 2. The maximum atomic E-state index is 12.0. The van der Waals surface area contributed by atoms with E-state index in [1.807, 2.05) is 32.9 Å². The summed E-state index contributed by atoms with van der Waals surface area (Å²) in [6.45, 7) is 5.42. The van der Waals surface area contributed by atoms with Gasteiger partial charge in [-0.25, -0.2) is 4.79 Å². The molecule has 3 N–H and O–H groups in total. The highest BCUT2D eigenvalue weighted by atomic mass is 35.5. The minimum Gasteiger partial charge on any atom is -0.452 e. The molecule has 0 bridgehead atoms. The van der Waals surface area contributed by atoms with E-state index in [2.05, 4.69) is 5.32 Å². The van der Waals surface area contributed by atoms with Crippen molar-refractivity contribution in [3.8, 4) is 0 Å². The lowest BCUT2D eigenvalue weighted by Crippen LogP contribution is -2.22. The third kappa shape index (κ3) is 4.26. The normalized spacial score (nSPS) is 10.3. The quantitative estimate of drug-likeness (QED) is 0.654.